The molecule has 0 saturated heterocycles. The molecule has 0 aliphatic rings. The Morgan fingerprint density at radius 2 is 2.00 bits per heavy atom. The average molecular weight is 363 g/mol. The fourth-order valence-electron chi connectivity index (χ4n) is 2.70. The number of carbonyl (C=O) groups is 2. The molecule has 2 rings (SSSR count). The van der Waals surface area contributed by atoms with Gasteiger partial charge in [0.25, 0.3) is 5.91 Å². The third kappa shape index (κ3) is 5.17. The van der Waals surface area contributed by atoms with Gasteiger partial charge in [-0.05, 0) is 36.7 Å². The van der Waals surface area contributed by atoms with Gasteiger partial charge in [0.2, 0.25) is 5.91 Å². The molecule has 2 aromatic rings. The summed E-state index contributed by atoms with van der Waals surface area (Å²) in [6.07, 6.45) is 1.64. The molecule has 2 aromatic heterocycles. The van der Waals surface area contributed by atoms with Gasteiger partial charge in [-0.15, -0.1) is 11.3 Å². The van der Waals surface area contributed by atoms with Crippen LogP contribution in [0.5, 0.6) is 0 Å². The highest BCUT2D eigenvalue weighted by Gasteiger charge is 2.22. The minimum absolute atomic E-state index is 0.0211. The Labute approximate surface area is 152 Å². The van der Waals surface area contributed by atoms with Crippen molar-refractivity contribution < 1.29 is 14.0 Å². The fraction of sp³-hybridized carbons (Fsp3) is 0.444. The van der Waals surface area contributed by atoms with Crippen LogP contribution in [-0.4, -0.2) is 54.8 Å². The molecule has 0 aliphatic carbocycles. The largest absolute Gasteiger partial charge is 0.468 e. The van der Waals surface area contributed by atoms with E-state index in [0.717, 1.165) is 18.8 Å². The number of furan rings is 1. The molecular formula is C18H25N3O3S. The summed E-state index contributed by atoms with van der Waals surface area (Å²) < 4.78 is 5.52. The summed E-state index contributed by atoms with van der Waals surface area (Å²) in [7, 11) is 1.63. The molecule has 0 unspecified atom stereocenters. The smallest absolute Gasteiger partial charge is 0.264 e. The molecule has 1 atom stereocenters. The number of amides is 2. The first-order valence-electron chi connectivity index (χ1n) is 8.39. The van der Waals surface area contributed by atoms with Crippen molar-refractivity contribution in [2.45, 2.75) is 19.9 Å². The van der Waals surface area contributed by atoms with Gasteiger partial charge in [-0.2, -0.15) is 0 Å². The second kappa shape index (κ2) is 9.39. The lowest BCUT2D eigenvalue weighted by atomic mass is 10.2. The molecule has 0 radical (unpaired) electrons. The molecule has 136 valence electrons. The summed E-state index contributed by atoms with van der Waals surface area (Å²) in [6.45, 7) is 6.33. The number of rotatable bonds is 9. The molecule has 25 heavy (non-hydrogen) atoms. The highest BCUT2D eigenvalue weighted by Crippen LogP contribution is 2.20. The van der Waals surface area contributed by atoms with Gasteiger partial charge in [-0.3, -0.25) is 14.5 Å². The van der Waals surface area contributed by atoms with Crippen LogP contribution < -0.4 is 5.32 Å². The third-order valence-electron chi connectivity index (χ3n) is 4.08. The van der Waals surface area contributed by atoms with Crippen LogP contribution in [-0.2, 0) is 4.79 Å². The van der Waals surface area contributed by atoms with E-state index in [1.54, 1.807) is 19.4 Å². The van der Waals surface area contributed by atoms with Crippen LogP contribution >= 0.6 is 11.3 Å². The van der Waals surface area contributed by atoms with E-state index in [2.05, 4.69) is 24.1 Å². The van der Waals surface area contributed by atoms with Gasteiger partial charge in [-0.1, -0.05) is 19.9 Å². The van der Waals surface area contributed by atoms with E-state index in [1.165, 1.54) is 16.2 Å². The van der Waals surface area contributed by atoms with E-state index in [0.29, 0.717) is 11.4 Å². The molecule has 0 fully saturated rings. The zero-order valence-electron chi connectivity index (χ0n) is 14.9. The second-order valence-electron chi connectivity index (χ2n) is 5.70. The SMILES string of the molecule is CCN(CC)[C@H](CNC(=O)CN(C)C(=O)c1cccs1)c1ccco1. The van der Waals surface area contributed by atoms with Crippen molar-refractivity contribution in [3.05, 3.63) is 46.5 Å². The molecule has 7 heteroatoms. The first kappa shape index (κ1) is 19.2. The molecule has 6 nitrogen and oxygen atoms in total. The average Bonchev–Trinajstić information content (AvgIpc) is 3.31. The molecule has 0 bridgehead atoms. The Bertz CT molecular complexity index is 651. The van der Waals surface area contributed by atoms with Crippen molar-refractivity contribution in [3.63, 3.8) is 0 Å². The van der Waals surface area contributed by atoms with Crippen LogP contribution in [0, 0.1) is 0 Å². The van der Waals surface area contributed by atoms with Gasteiger partial charge in [0, 0.05) is 13.6 Å². The van der Waals surface area contributed by atoms with E-state index in [4.69, 9.17) is 4.42 Å². The molecule has 0 aliphatic heterocycles. The Morgan fingerprint density at radius 3 is 2.56 bits per heavy atom. The maximum absolute atomic E-state index is 12.3. The lowest BCUT2D eigenvalue weighted by Gasteiger charge is -2.28. The highest BCUT2D eigenvalue weighted by molar-refractivity contribution is 7.12. The molecule has 2 heterocycles. The van der Waals surface area contributed by atoms with Gasteiger partial charge in [0.05, 0.1) is 23.7 Å². The number of nitrogens with one attached hydrogen (secondary N) is 1. The summed E-state index contributed by atoms with van der Waals surface area (Å²) >= 11 is 1.37. The van der Waals surface area contributed by atoms with Crippen LogP contribution in [0.1, 0.15) is 35.3 Å². The van der Waals surface area contributed by atoms with Crippen molar-refractivity contribution >= 4 is 23.2 Å². The van der Waals surface area contributed by atoms with Crippen molar-refractivity contribution in [1.82, 2.24) is 15.1 Å². The van der Waals surface area contributed by atoms with Gasteiger partial charge >= 0.3 is 0 Å². The minimum Gasteiger partial charge on any atom is -0.468 e. The zero-order chi connectivity index (χ0) is 18.2. The molecule has 2 amide bonds. The van der Waals surface area contributed by atoms with E-state index in [1.807, 2.05) is 23.6 Å². The monoisotopic (exact) mass is 363 g/mol. The summed E-state index contributed by atoms with van der Waals surface area (Å²) in [5.74, 6) is 0.500. The number of nitrogens with zero attached hydrogens (tertiary/aromatic N) is 2. The summed E-state index contributed by atoms with van der Waals surface area (Å²) in [6, 6.07) is 7.33. The first-order valence-corrected chi connectivity index (χ1v) is 9.27. The summed E-state index contributed by atoms with van der Waals surface area (Å²) in [5.41, 5.74) is 0. The normalized spacial score (nSPS) is 12.2. The van der Waals surface area contributed by atoms with Crippen LogP contribution in [0.15, 0.2) is 40.3 Å². The second-order valence-corrected chi connectivity index (χ2v) is 6.64. The minimum atomic E-state index is -0.184. The third-order valence-corrected chi connectivity index (χ3v) is 4.93. The number of hydrogen-bond donors (Lipinski definition) is 1. The van der Waals surface area contributed by atoms with Crippen molar-refractivity contribution in [1.29, 1.82) is 0 Å². The Morgan fingerprint density at radius 1 is 1.24 bits per heavy atom. The Hall–Kier alpha value is -2.12. The molecule has 0 spiro atoms. The lowest BCUT2D eigenvalue weighted by molar-refractivity contribution is -0.121. The van der Waals surface area contributed by atoms with E-state index in [9.17, 15) is 9.59 Å². The maximum Gasteiger partial charge on any atom is 0.264 e. The number of likely N-dealkylation sites (N-methyl/N-ethyl adjacent to an activating group) is 2. The van der Waals surface area contributed by atoms with Crippen molar-refractivity contribution in [2.24, 2.45) is 0 Å². The molecular weight excluding hydrogens is 338 g/mol. The van der Waals surface area contributed by atoms with Gasteiger partial charge < -0.3 is 14.6 Å². The maximum atomic E-state index is 12.3. The van der Waals surface area contributed by atoms with Crippen LogP contribution in [0.4, 0.5) is 0 Å². The summed E-state index contributed by atoms with van der Waals surface area (Å²) in [4.78, 5) is 28.7. The van der Waals surface area contributed by atoms with Gasteiger partial charge in [0.1, 0.15) is 5.76 Å². The van der Waals surface area contributed by atoms with Crippen LogP contribution in [0.3, 0.4) is 0 Å². The van der Waals surface area contributed by atoms with Crippen LogP contribution in [0.2, 0.25) is 0 Å². The van der Waals surface area contributed by atoms with Crippen molar-refractivity contribution in [3.8, 4) is 0 Å². The van der Waals surface area contributed by atoms with E-state index in [-0.39, 0.29) is 24.4 Å². The molecule has 1 N–H and O–H groups in total. The number of hydrogen-bond acceptors (Lipinski definition) is 5. The Kier molecular flexibility index (Phi) is 7.21. The predicted octanol–water partition coefficient (Wildman–Crippen LogP) is 2.61. The van der Waals surface area contributed by atoms with Gasteiger partial charge in [-0.25, -0.2) is 0 Å². The Balaban J connectivity index is 1.91. The quantitative estimate of drug-likeness (QED) is 0.744. The fourth-order valence-corrected chi connectivity index (χ4v) is 3.41. The lowest BCUT2D eigenvalue weighted by Crippen LogP contribution is -2.42. The van der Waals surface area contributed by atoms with E-state index < -0.39 is 0 Å². The topological polar surface area (TPSA) is 65.8 Å². The standard InChI is InChI=1S/C18H25N3O3S/c1-4-21(5-2)14(15-8-6-10-24-15)12-19-17(22)13-20(3)18(23)16-9-7-11-25-16/h6-11,14H,4-5,12-13H2,1-3H3,(H,19,22)/t14-/m1/s1. The highest BCUT2D eigenvalue weighted by atomic mass is 32.1. The van der Waals surface area contributed by atoms with Crippen LogP contribution in [0.25, 0.3) is 0 Å². The molecule has 0 saturated carbocycles. The number of thiophene rings is 1. The predicted molar refractivity (Wildman–Crippen MR) is 98.7 cm³/mol. The zero-order valence-corrected chi connectivity index (χ0v) is 15.7. The van der Waals surface area contributed by atoms with Gasteiger partial charge in [0.15, 0.2) is 0 Å². The number of carbonyl (C=O) groups excluding carboxylic acids is 2. The van der Waals surface area contributed by atoms with Crippen molar-refractivity contribution in [2.75, 3.05) is 33.2 Å². The molecule has 0 aromatic carbocycles. The summed E-state index contributed by atoms with van der Waals surface area (Å²) in [5, 5.41) is 4.77. The van der Waals surface area contributed by atoms with E-state index >= 15 is 0 Å². The first-order chi connectivity index (χ1) is 12.1.